The van der Waals surface area contributed by atoms with Gasteiger partial charge in [-0.1, -0.05) is 0 Å². The number of halogens is 3. The van der Waals surface area contributed by atoms with Crippen LogP contribution in [-0.2, 0) is 15.5 Å². The molecular formula is C15H19F2IN3O3+. The second kappa shape index (κ2) is 8.90. The van der Waals surface area contributed by atoms with Crippen LogP contribution in [0.3, 0.4) is 0 Å². The van der Waals surface area contributed by atoms with Crippen molar-refractivity contribution < 1.29 is 28.0 Å². The van der Waals surface area contributed by atoms with E-state index in [1.54, 1.807) is 0 Å². The van der Waals surface area contributed by atoms with Crippen LogP contribution in [0.4, 0.5) is 8.78 Å². The summed E-state index contributed by atoms with van der Waals surface area (Å²) in [6, 6.07) is 2.38. The standard InChI is InChI=1S/C15H18F2IN3O3/c1-4-23-14(22)15(16,17)12-6-5-10(8-20-12)24-13(11(18)7-19)21-9(2)3/h5-9H,4,19H2,1-3H3/p+1/b11-7+,21-13?. The van der Waals surface area contributed by atoms with E-state index >= 15 is 0 Å². The van der Waals surface area contributed by atoms with Crippen molar-refractivity contribution in [3.05, 3.63) is 33.8 Å². The fraction of sp³-hybridized carbons (Fsp3) is 0.400. The minimum Gasteiger partial charge on any atom is -0.461 e. The summed E-state index contributed by atoms with van der Waals surface area (Å²) < 4.78 is 38.3. The maximum Gasteiger partial charge on any atom is 0.384 e. The molecule has 1 aromatic rings. The molecule has 132 valence electrons. The predicted octanol–water partition coefficient (Wildman–Crippen LogP) is 1.24. The zero-order valence-electron chi connectivity index (χ0n) is 13.5. The fourth-order valence-electron chi connectivity index (χ4n) is 1.56. The number of rotatable bonds is 6. The molecule has 0 radical (unpaired) electrons. The molecule has 0 aromatic carbocycles. The van der Waals surface area contributed by atoms with E-state index in [0.29, 0.717) is 9.48 Å². The van der Waals surface area contributed by atoms with E-state index in [1.807, 2.05) is 36.4 Å². The Bertz CT molecular complexity index is 631. The van der Waals surface area contributed by atoms with Gasteiger partial charge >= 0.3 is 17.8 Å². The number of esters is 1. The number of aromatic nitrogens is 1. The lowest BCUT2D eigenvalue weighted by atomic mass is 10.2. The van der Waals surface area contributed by atoms with Gasteiger partial charge in [0, 0.05) is 6.20 Å². The van der Waals surface area contributed by atoms with Crippen LogP contribution in [0.2, 0.25) is 0 Å². The Morgan fingerprint density at radius 2 is 2.17 bits per heavy atom. The maximum atomic E-state index is 13.9. The molecule has 0 fully saturated rings. The minimum absolute atomic E-state index is 0.0742. The third-order valence-corrected chi connectivity index (χ3v) is 3.44. The van der Waals surface area contributed by atoms with Gasteiger partial charge in [-0.25, -0.2) is 9.79 Å². The molecule has 1 rings (SSSR count). The molecular weight excluding hydrogens is 435 g/mol. The summed E-state index contributed by atoms with van der Waals surface area (Å²) in [6.45, 7) is 5.12. The van der Waals surface area contributed by atoms with E-state index in [4.69, 9.17) is 10.5 Å². The maximum absolute atomic E-state index is 13.9. The van der Waals surface area contributed by atoms with Crippen molar-refractivity contribution in [2.45, 2.75) is 32.7 Å². The van der Waals surface area contributed by atoms with Crippen LogP contribution in [0.5, 0.6) is 5.75 Å². The van der Waals surface area contributed by atoms with Crippen molar-refractivity contribution in [3.8, 4) is 5.75 Å². The third-order valence-electron chi connectivity index (χ3n) is 2.59. The molecule has 0 atom stereocenters. The Balaban J connectivity index is 3.00. The van der Waals surface area contributed by atoms with E-state index in [1.165, 1.54) is 19.2 Å². The van der Waals surface area contributed by atoms with Crippen LogP contribution < -0.4 is 15.5 Å². The monoisotopic (exact) mass is 454 g/mol. The Labute approximate surface area is 152 Å². The van der Waals surface area contributed by atoms with Gasteiger partial charge < -0.3 is 15.2 Å². The fourth-order valence-corrected chi connectivity index (χ4v) is 1.82. The van der Waals surface area contributed by atoms with E-state index in [-0.39, 0.29) is 18.4 Å². The number of carbonyl (C=O) groups is 1. The average molecular weight is 454 g/mol. The number of hydrogen-bond acceptors (Lipinski definition) is 5. The average Bonchev–Trinajstić information content (AvgIpc) is 2.53. The van der Waals surface area contributed by atoms with Gasteiger partial charge in [0.15, 0.2) is 5.75 Å². The highest BCUT2D eigenvalue weighted by atomic mass is 127. The van der Waals surface area contributed by atoms with Crippen molar-refractivity contribution in [1.82, 2.24) is 4.98 Å². The summed E-state index contributed by atoms with van der Waals surface area (Å²) in [5, 5.41) is 0. The number of pyridine rings is 1. The van der Waals surface area contributed by atoms with Crippen molar-refractivity contribution >= 4 is 34.5 Å². The molecule has 9 heteroatoms. The first kappa shape index (κ1) is 20.3. The lowest BCUT2D eigenvalue weighted by Crippen LogP contribution is -2.79. The van der Waals surface area contributed by atoms with Crippen LogP contribution >= 0.6 is 22.6 Å². The Kier molecular flexibility index (Phi) is 7.52. The number of nitrogens with one attached hydrogen (secondary N) is 1. The molecule has 0 saturated heterocycles. The first-order valence-electron chi connectivity index (χ1n) is 7.13. The second-order valence-electron chi connectivity index (χ2n) is 4.92. The van der Waals surface area contributed by atoms with Gasteiger partial charge in [-0.2, -0.15) is 8.78 Å². The second-order valence-corrected chi connectivity index (χ2v) is 6.08. The molecule has 3 N–H and O–H groups in total. The largest absolute Gasteiger partial charge is 0.461 e. The van der Waals surface area contributed by atoms with Crippen molar-refractivity contribution in [2.75, 3.05) is 6.61 Å². The van der Waals surface area contributed by atoms with Crippen molar-refractivity contribution in [3.63, 3.8) is 0 Å². The summed E-state index contributed by atoms with van der Waals surface area (Å²) in [5.41, 5.74) is 4.76. The van der Waals surface area contributed by atoms with Gasteiger partial charge in [0.1, 0.15) is 15.3 Å². The predicted molar refractivity (Wildman–Crippen MR) is 92.8 cm³/mol. The van der Waals surface area contributed by atoms with E-state index in [0.717, 1.165) is 12.3 Å². The van der Waals surface area contributed by atoms with Crippen LogP contribution in [0.15, 0.2) is 28.1 Å². The highest BCUT2D eigenvalue weighted by molar-refractivity contribution is 14.1. The normalized spacial score (nSPS) is 13.1. The van der Waals surface area contributed by atoms with Crippen LogP contribution in [0, 0.1) is 0 Å². The van der Waals surface area contributed by atoms with Crippen molar-refractivity contribution in [1.29, 1.82) is 0 Å². The molecule has 0 bridgehead atoms. The van der Waals surface area contributed by atoms with Gasteiger partial charge in [0.2, 0.25) is 0 Å². The first-order chi connectivity index (χ1) is 11.2. The SMILES string of the molecule is CCOC(=O)C(F)(F)c1ccc(OC(=[NH+]C(C)C)/C(I)=C\N)cn1. The van der Waals surface area contributed by atoms with Gasteiger partial charge in [-0.15, -0.1) is 0 Å². The minimum atomic E-state index is -3.82. The number of nitrogens with zero attached hydrogens (tertiary/aromatic N) is 1. The molecule has 0 spiro atoms. The zero-order chi connectivity index (χ0) is 18.3. The lowest BCUT2D eigenvalue weighted by Gasteiger charge is -2.14. The first-order valence-corrected chi connectivity index (χ1v) is 8.20. The van der Waals surface area contributed by atoms with E-state index < -0.39 is 17.6 Å². The Morgan fingerprint density at radius 3 is 2.62 bits per heavy atom. The summed E-state index contributed by atoms with van der Waals surface area (Å²) in [4.78, 5) is 17.9. The summed E-state index contributed by atoms with van der Waals surface area (Å²) in [6.07, 6.45) is 2.45. The van der Waals surface area contributed by atoms with Crippen LogP contribution in [-0.4, -0.2) is 29.5 Å². The number of ether oxygens (including phenoxy) is 2. The molecule has 0 aliphatic rings. The van der Waals surface area contributed by atoms with Gasteiger partial charge in [-0.05, 0) is 55.5 Å². The Morgan fingerprint density at radius 1 is 1.50 bits per heavy atom. The van der Waals surface area contributed by atoms with Crippen LogP contribution in [0.1, 0.15) is 26.5 Å². The number of hydrogen-bond donors (Lipinski definition) is 2. The van der Waals surface area contributed by atoms with Gasteiger partial charge in [0.25, 0.3) is 0 Å². The summed E-state index contributed by atoms with van der Waals surface area (Å²) in [7, 11) is 0. The molecule has 1 aromatic heterocycles. The highest BCUT2D eigenvalue weighted by Crippen LogP contribution is 2.28. The summed E-state index contributed by atoms with van der Waals surface area (Å²) in [5.74, 6) is -4.86. The molecule has 0 amide bonds. The topological polar surface area (TPSA) is 88.4 Å². The molecule has 6 nitrogen and oxygen atoms in total. The van der Waals surface area contributed by atoms with Crippen LogP contribution in [0.25, 0.3) is 0 Å². The highest BCUT2D eigenvalue weighted by Gasteiger charge is 2.44. The number of alkyl halides is 2. The number of nitrogens with two attached hydrogens (primary N) is 1. The van der Waals surface area contributed by atoms with E-state index in [9.17, 15) is 13.6 Å². The molecule has 1 heterocycles. The molecule has 24 heavy (non-hydrogen) atoms. The van der Waals surface area contributed by atoms with Crippen molar-refractivity contribution in [2.24, 2.45) is 5.73 Å². The van der Waals surface area contributed by atoms with E-state index in [2.05, 4.69) is 14.7 Å². The molecule has 0 aliphatic carbocycles. The molecule has 0 saturated carbocycles. The molecule has 0 unspecified atom stereocenters. The molecule has 0 aliphatic heterocycles. The third kappa shape index (κ3) is 5.39. The Hall–Kier alpha value is -1.78. The number of carbonyl (C=O) groups excluding carboxylic acids is 1. The smallest absolute Gasteiger partial charge is 0.384 e. The quantitative estimate of drug-likeness (QED) is 0.292. The zero-order valence-corrected chi connectivity index (χ0v) is 15.6. The summed E-state index contributed by atoms with van der Waals surface area (Å²) >= 11 is 1.97. The van der Waals surface area contributed by atoms with Gasteiger partial charge in [-0.3, -0.25) is 4.98 Å². The van der Waals surface area contributed by atoms with Gasteiger partial charge in [0.05, 0.1) is 12.8 Å². The lowest BCUT2D eigenvalue weighted by molar-refractivity contribution is -0.499.